The van der Waals surface area contributed by atoms with Crippen molar-refractivity contribution in [2.75, 3.05) is 32.1 Å². The van der Waals surface area contributed by atoms with Crippen LogP contribution in [0.4, 0.5) is 5.69 Å². The van der Waals surface area contributed by atoms with Crippen molar-refractivity contribution in [1.29, 1.82) is 0 Å². The molecule has 0 aliphatic carbocycles. The van der Waals surface area contributed by atoms with E-state index in [1.165, 1.54) is 35.9 Å². The van der Waals surface area contributed by atoms with Crippen LogP contribution < -0.4 is 15.4 Å². The molecule has 0 bridgehead atoms. The standard InChI is InChI=1S/C20H27N3O6S/c1-4-23(5-2)30(26,27)15-10-11-17(28-3)16(14-15)22-19(24)9-6-12-21-20(25)18-8-7-13-29-18/h7-8,10-11,13-14H,4-6,9,12H2,1-3H3,(H,21,25)(H,22,24). The van der Waals surface area contributed by atoms with Crippen LogP contribution in [0.3, 0.4) is 0 Å². The highest BCUT2D eigenvalue weighted by molar-refractivity contribution is 7.89. The summed E-state index contributed by atoms with van der Waals surface area (Å²) in [6, 6.07) is 7.52. The summed E-state index contributed by atoms with van der Waals surface area (Å²) in [5.41, 5.74) is 0.273. The fourth-order valence-electron chi connectivity index (χ4n) is 2.82. The number of nitrogens with zero attached hydrogens (tertiary/aromatic N) is 1. The number of hydrogen-bond acceptors (Lipinski definition) is 6. The van der Waals surface area contributed by atoms with Crippen LogP contribution in [0, 0.1) is 0 Å². The summed E-state index contributed by atoms with van der Waals surface area (Å²) in [5.74, 6) is -0.113. The summed E-state index contributed by atoms with van der Waals surface area (Å²) in [6.07, 6.45) is 1.94. The van der Waals surface area contributed by atoms with Crippen molar-refractivity contribution in [3.05, 3.63) is 42.4 Å². The van der Waals surface area contributed by atoms with Gasteiger partial charge in [-0.05, 0) is 36.8 Å². The maximum absolute atomic E-state index is 12.7. The SMILES string of the molecule is CCN(CC)S(=O)(=O)c1ccc(OC)c(NC(=O)CCCNC(=O)c2ccco2)c1. The van der Waals surface area contributed by atoms with Crippen LogP contribution in [0.1, 0.15) is 37.2 Å². The lowest BCUT2D eigenvalue weighted by atomic mass is 10.2. The van der Waals surface area contributed by atoms with Crippen molar-refractivity contribution >= 4 is 27.5 Å². The number of rotatable bonds is 11. The fraction of sp³-hybridized carbons (Fsp3) is 0.400. The Hall–Kier alpha value is -2.85. The molecule has 9 nitrogen and oxygen atoms in total. The second-order valence-electron chi connectivity index (χ2n) is 6.34. The summed E-state index contributed by atoms with van der Waals surface area (Å²) in [5, 5.41) is 5.35. The Morgan fingerprint density at radius 1 is 1.17 bits per heavy atom. The third-order valence-corrected chi connectivity index (χ3v) is 6.45. The molecule has 0 radical (unpaired) electrons. The van der Waals surface area contributed by atoms with Gasteiger partial charge in [0.25, 0.3) is 5.91 Å². The van der Waals surface area contributed by atoms with Gasteiger partial charge in [0.05, 0.1) is 24.0 Å². The molecule has 1 heterocycles. The monoisotopic (exact) mass is 437 g/mol. The number of hydrogen-bond donors (Lipinski definition) is 2. The minimum Gasteiger partial charge on any atom is -0.495 e. The zero-order valence-electron chi connectivity index (χ0n) is 17.3. The molecule has 0 spiro atoms. The predicted molar refractivity (Wildman–Crippen MR) is 112 cm³/mol. The molecule has 0 saturated carbocycles. The van der Waals surface area contributed by atoms with Gasteiger partial charge < -0.3 is 19.8 Å². The average Bonchev–Trinajstić information content (AvgIpc) is 3.26. The Bertz CT molecular complexity index is 953. The Kier molecular flexibility index (Phi) is 8.43. The van der Waals surface area contributed by atoms with E-state index < -0.39 is 10.0 Å². The second-order valence-corrected chi connectivity index (χ2v) is 8.27. The van der Waals surface area contributed by atoms with Crippen LogP contribution in [-0.4, -0.2) is 51.3 Å². The maximum atomic E-state index is 12.7. The summed E-state index contributed by atoms with van der Waals surface area (Å²) >= 11 is 0. The lowest BCUT2D eigenvalue weighted by molar-refractivity contribution is -0.116. The minimum atomic E-state index is -3.67. The normalized spacial score (nSPS) is 11.3. The molecule has 0 aliphatic heterocycles. The lowest BCUT2D eigenvalue weighted by Crippen LogP contribution is -2.30. The predicted octanol–water partition coefficient (Wildman–Crippen LogP) is 2.47. The van der Waals surface area contributed by atoms with Gasteiger partial charge in [0.15, 0.2) is 5.76 Å². The van der Waals surface area contributed by atoms with Crippen molar-refractivity contribution in [2.24, 2.45) is 0 Å². The fourth-order valence-corrected chi connectivity index (χ4v) is 4.30. The molecule has 1 aromatic heterocycles. The van der Waals surface area contributed by atoms with Gasteiger partial charge in [-0.1, -0.05) is 13.8 Å². The highest BCUT2D eigenvalue weighted by Crippen LogP contribution is 2.29. The van der Waals surface area contributed by atoms with E-state index in [0.717, 1.165) is 0 Å². The summed E-state index contributed by atoms with van der Waals surface area (Å²) in [6.45, 7) is 4.50. The molecule has 2 N–H and O–H groups in total. The van der Waals surface area contributed by atoms with E-state index in [0.29, 0.717) is 31.8 Å². The van der Waals surface area contributed by atoms with Crippen LogP contribution in [0.25, 0.3) is 0 Å². The molecule has 1 aromatic carbocycles. The Morgan fingerprint density at radius 3 is 2.50 bits per heavy atom. The molecule has 0 atom stereocenters. The maximum Gasteiger partial charge on any atom is 0.286 e. The minimum absolute atomic E-state index is 0.0769. The van der Waals surface area contributed by atoms with Crippen molar-refractivity contribution in [3.63, 3.8) is 0 Å². The number of methoxy groups -OCH3 is 1. The number of sulfonamides is 1. The van der Waals surface area contributed by atoms with Crippen LogP contribution in [0.5, 0.6) is 5.75 Å². The summed E-state index contributed by atoms with van der Waals surface area (Å²) in [4.78, 5) is 24.2. The van der Waals surface area contributed by atoms with Gasteiger partial charge in [0.2, 0.25) is 15.9 Å². The van der Waals surface area contributed by atoms with Gasteiger partial charge in [-0.25, -0.2) is 8.42 Å². The highest BCUT2D eigenvalue weighted by Gasteiger charge is 2.23. The van der Waals surface area contributed by atoms with E-state index in [1.807, 2.05) is 0 Å². The summed E-state index contributed by atoms with van der Waals surface area (Å²) < 4.78 is 37.0. The zero-order valence-corrected chi connectivity index (χ0v) is 18.1. The molecular weight excluding hydrogens is 410 g/mol. The number of carbonyl (C=O) groups excluding carboxylic acids is 2. The van der Waals surface area contributed by atoms with Crippen LogP contribution >= 0.6 is 0 Å². The smallest absolute Gasteiger partial charge is 0.286 e. The molecular formula is C20H27N3O6S. The topological polar surface area (TPSA) is 118 Å². The number of nitrogens with one attached hydrogen (secondary N) is 2. The molecule has 0 unspecified atom stereocenters. The quantitative estimate of drug-likeness (QED) is 0.522. The van der Waals surface area contributed by atoms with E-state index in [9.17, 15) is 18.0 Å². The van der Waals surface area contributed by atoms with Crippen molar-refractivity contribution < 1.29 is 27.2 Å². The first-order valence-electron chi connectivity index (χ1n) is 9.63. The van der Waals surface area contributed by atoms with Crippen molar-refractivity contribution in [3.8, 4) is 5.75 Å². The van der Waals surface area contributed by atoms with Gasteiger partial charge in [0.1, 0.15) is 5.75 Å². The Labute approximate surface area is 176 Å². The first-order chi connectivity index (χ1) is 14.3. The highest BCUT2D eigenvalue weighted by atomic mass is 32.2. The zero-order chi connectivity index (χ0) is 22.1. The van der Waals surface area contributed by atoms with Crippen LogP contribution in [0.15, 0.2) is 45.9 Å². The molecule has 2 rings (SSSR count). The van der Waals surface area contributed by atoms with Crippen LogP contribution in [-0.2, 0) is 14.8 Å². The molecule has 0 aliphatic rings. The lowest BCUT2D eigenvalue weighted by Gasteiger charge is -2.19. The van der Waals surface area contributed by atoms with E-state index in [2.05, 4.69) is 10.6 Å². The van der Waals surface area contributed by atoms with E-state index >= 15 is 0 Å². The van der Waals surface area contributed by atoms with E-state index in [-0.39, 0.29) is 34.6 Å². The van der Waals surface area contributed by atoms with Gasteiger partial charge >= 0.3 is 0 Å². The van der Waals surface area contributed by atoms with E-state index in [4.69, 9.17) is 9.15 Å². The number of benzene rings is 1. The third-order valence-electron chi connectivity index (χ3n) is 4.40. The van der Waals surface area contributed by atoms with Crippen LogP contribution in [0.2, 0.25) is 0 Å². The van der Waals surface area contributed by atoms with E-state index in [1.54, 1.807) is 26.0 Å². The first kappa shape index (κ1) is 23.4. The molecule has 0 fully saturated rings. The molecule has 2 aromatic rings. The number of ether oxygens (including phenoxy) is 1. The second kappa shape index (κ2) is 10.8. The van der Waals surface area contributed by atoms with Gasteiger partial charge in [-0.3, -0.25) is 9.59 Å². The number of anilines is 1. The molecule has 2 amide bonds. The van der Waals surface area contributed by atoms with Gasteiger partial charge in [-0.2, -0.15) is 4.31 Å². The Morgan fingerprint density at radius 2 is 1.90 bits per heavy atom. The summed E-state index contributed by atoms with van der Waals surface area (Å²) in [7, 11) is -2.23. The van der Waals surface area contributed by atoms with Gasteiger partial charge in [0, 0.05) is 26.1 Å². The first-order valence-corrected chi connectivity index (χ1v) is 11.1. The molecule has 0 saturated heterocycles. The molecule has 30 heavy (non-hydrogen) atoms. The molecule has 10 heteroatoms. The van der Waals surface area contributed by atoms with Gasteiger partial charge in [-0.15, -0.1) is 0 Å². The molecule has 164 valence electrons. The number of carbonyl (C=O) groups is 2. The third kappa shape index (κ3) is 5.83. The van der Waals surface area contributed by atoms with Crippen molar-refractivity contribution in [1.82, 2.24) is 9.62 Å². The van der Waals surface area contributed by atoms with Crippen molar-refractivity contribution in [2.45, 2.75) is 31.6 Å². The Balaban J connectivity index is 1.99. The number of furan rings is 1. The largest absolute Gasteiger partial charge is 0.495 e. The number of amides is 2. The average molecular weight is 438 g/mol.